The maximum atomic E-state index is 12.5. The molecule has 6 heteroatoms. The fourth-order valence-electron chi connectivity index (χ4n) is 3.05. The van der Waals surface area contributed by atoms with E-state index >= 15 is 0 Å². The molecule has 0 saturated carbocycles. The van der Waals surface area contributed by atoms with Crippen LogP contribution in [0, 0.1) is 0 Å². The van der Waals surface area contributed by atoms with E-state index in [4.69, 9.17) is 0 Å². The second-order valence-electron chi connectivity index (χ2n) is 5.61. The lowest BCUT2D eigenvalue weighted by molar-refractivity contribution is -0.141. The molecule has 6 nitrogen and oxygen atoms in total. The molecule has 21 heavy (non-hydrogen) atoms. The first-order chi connectivity index (χ1) is 10.1. The Hall–Kier alpha value is -1.92. The van der Waals surface area contributed by atoms with Crippen LogP contribution in [0.3, 0.4) is 0 Å². The first-order valence-electron chi connectivity index (χ1n) is 7.10. The average molecular weight is 290 g/mol. The highest BCUT2D eigenvalue weighted by Gasteiger charge is 2.39. The lowest BCUT2D eigenvalue weighted by Gasteiger charge is -2.23. The number of carbonyl (C=O) groups excluding carboxylic acids is 1. The Labute approximate surface area is 122 Å². The average Bonchev–Trinajstić information content (AvgIpc) is 2.88. The Morgan fingerprint density at radius 2 is 2.10 bits per heavy atom. The maximum Gasteiger partial charge on any atom is 0.326 e. The molecule has 1 aromatic rings. The number of aliphatic carboxylic acids is 1. The number of amides is 1. The van der Waals surface area contributed by atoms with Gasteiger partial charge in [-0.05, 0) is 36.2 Å². The van der Waals surface area contributed by atoms with Crippen molar-refractivity contribution in [1.29, 1.82) is 0 Å². The van der Waals surface area contributed by atoms with Gasteiger partial charge in [0.15, 0.2) is 0 Å². The molecule has 0 aromatic heterocycles. The molecule has 2 aliphatic heterocycles. The van der Waals surface area contributed by atoms with Crippen molar-refractivity contribution in [3.63, 3.8) is 0 Å². The summed E-state index contributed by atoms with van der Waals surface area (Å²) in [5.41, 5.74) is 2.79. The lowest BCUT2D eigenvalue weighted by Crippen LogP contribution is -2.40. The second kappa shape index (κ2) is 5.46. The number of aliphatic hydroxyl groups is 1. The first kappa shape index (κ1) is 14.0. The van der Waals surface area contributed by atoms with Crippen LogP contribution in [0.1, 0.15) is 27.9 Å². The van der Waals surface area contributed by atoms with Crippen molar-refractivity contribution < 1.29 is 19.8 Å². The topological polar surface area (TPSA) is 89.9 Å². The van der Waals surface area contributed by atoms with Gasteiger partial charge in [-0.2, -0.15) is 0 Å². The SMILES string of the molecule is O=C(O)[C@@H]1C[C@@H](O)CN1C(=O)c1ccc2c(c1)CNCC2. The van der Waals surface area contributed by atoms with E-state index in [0.29, 0.717) is 5.56 Å². The summed E-state index contributed by atoms with van der Waals surface area (Å²) in [5.74, 6) is -1.40. The molecule has 2 atom stereocenters. The Morgan fingerprint density at radius 1 is 1.29 bits per heavy atom. The molecule has 0 radical (unpaired) electrons. The van der Waals surface area contributed by atoms with E-state index < -0.39 is 18.1 Å². The minimum atomic E-state index is -1.07. The smallest absolute Gasteiger partial charge is 0.326 e. The zero-order chi connectivity index (χ0) is 15.0. The standard InChI is InChI=1S/C15H18N2O4/c18-12-6-13(15(20)21)17(8-12)14(19)10-2-1-9-3-4-16-7-11(9)5-10/h1-2,5,12-13,16,18H,3-4,6-8H2,(H,20,21)/t12-,13+/m1/s1. The van der Waals surface area contributed by atoms with Crippen LogP contribution in [0.25, 0.3) is 0 Å². The summed E-state index contributed by atoms with van der Waals surface area (Å²) < 4.78 is 0. The predicted octanol–water partition coefficient (Wildman–Crippen LogP) is -0.00770. The van der Waals surface area contributed by atoms with Crippen LogP contribution in [0.4, 0.5) is 0 Å². The summed E-state index contributed by atoms with van der Waals surface area (Å²) in [6.45, 7) is 1.73. The number of carboxylic acids is 1. The summed E-state index contributed by atoms with van der Waals surface area (Å²) in [7, 11) is 0. The third-order valence-electron chi connectivity index (χ3n) is 4.16. The molecule has 3 rings (SSSR count). The molecule has 2 heterocycles. The predicted molar refractivity (Wildman–Crippen MR) is 74.9 cm³/mol. The number of nitrogens with zero attached hydrogens (tertiary/aromatic N) is 1. The molecule has 1 fully saturated rings. The van der Waals surface area contributed by atoms with Crippen LogP contribution in [-0.4, -0.2) is 52.2 Å². The molecular formula is C15H18N2O4. The van der Waals surface area contributed by atoms with E-state index in [-0.39, 0.29) is 18.9 Å². The molecule has 3 N–H and O–H groups in total. The minimum Gasteiger partial charge on any atom is -0.480 e. The zero-order valence-electron chi connectivity index (χ0n) is 11.6. The molecule has 2 aliphatic rings. The van der Waals surface area contributed by atoms with E-state index in [0.717, 1.165) is 25.1 Å². The highest BCUT2D eigenvalue weighted by molar-refractivity contribution is 5.97. The molecule has 1 saturated heterocycles. The van der Waals surface area contributed by atoms with Crippen molar-refractivity contribution in [2.45, 2.75) is 31.5 Å². The Balaban J connectivity index is 1.86. The quantitative estimate of drug-likeness (QED) is 0.713. The van der Waals surface area contributed by atoms with E-state index in [9.17, 15) is 19.8 Å². The summed E-state index contributed by atoms with van der Waals surface area (Å²) in [4.78, 5) is 25.0. The third kappa shape index (κ3) is 2.64. The number of benzene rings is 1. The van der Waals surface area contributed by atoms with Gasteiger partial charge >= 0.3 is 5.97 Å². The summed E-state index contributed by atoms with van der Waals surface area (Å²) in [6, 6.07) is 4.57. The lowest BCUT2D eigenvalue weighted by atomic mass is 9.98. The van der Waals surface area contributed by atoms with Crippen molar-refractivity contribution in [3.05, 3.63) is 34.9 Å². The molecule has 0 aliphatic carbocycles. The number of rotatable bonds is 2. The highest BCUT2D eigenvalue weighted by atomic mass is 16.4. The summed E-state index contributed by atoms with van der Waals surface area (Å²) in [6.07, 6.45) is 0.256. The molecule has 0 bridgehead atoms. The monoisotopic (exact) mass is 290 g/mol. The molecule has 0 spiro atoms. The number of carboxylic acid groups (broad SMARTS) is 1. The number of carbonyl (C=O) groups is 2. The second-order valence-corrected chi connectivity index (χ2v) is 5.61. The molecule has 0 unspecified atom stereocenters. The number of nitrogens with one attached hydrogen (secondary N) is 1. The highest BCUT2D eigenvalue weighted by Crippen LogP contribution is 2.23. The molecule has 1 amide bonds. The Kier molecular flexibility index (Phi) is 3.65. The largest absolute Gasteiger partial charge is 0.480 e. The molecule has 1 aromatic carbocycles. The number of aliphatic hydroxyl groups excluding tert-OH is 1. The molecule has 112 valence electrons. The maximum absolute atomic E-state index is 12.5. The minimum absolute atomic E-state index is 0.0745. The van der Waals surface area contributed by atoms with Crippen LogP contribution in [-0.2, 0) is 17.8 Å². The van der Waals surface area contributed by atoms with Gasteiger partial charge in [-0.3, -0.25) is 4.79 Å². The van der Waals surface area contributed by atoms with Crippen LogP contribution in [0.2, 0.25) is 0 Å². The van der Waals surface area contributed by atoms with Gasteiger partial charge in [0, 0.05) is 25.1 Å². The van der Waals surface area contributed by atoms with Crippen molar-refractivity contribution in [1.82, 2.24) is 10.2 Å². The summed E-state index contributed by atoms with van der Waals surface area (Å²) in [5, 5.41) is 22.1. The van der Waals surface area contributed by atoms with Crippen LogP contribution in [0.5, 0.6) is 0 Å². The summed E-state index contributed by atoms with van der Waals surface area (Å²) >= 11 is 0. The third-order valence-corrected chi connectivity index (χ3v) is 4.16. The van der Waals surface area contributed by atoms with Crippen LogP contribution >= 0.6 is 0 Å². The van der Waals surface area contributed by atoms with Crippen LogP contribution < -0.4 is 5.32 Å². The van der Waals surface area contributed by atoms with Crippen LogP contribution in [0.15, 0.2) is 18.2 Å². The number of hydrogen-bond acceptors (Lipinski definition) is 4. The van der Waals surface area contributed by atoms with Gasteiger partial charge in [0.25, 0.3) is 5.91 Å². The van der Waals surface area contributed by atoms with Gasteiger partial charge in [0.1, 0.15) is 6.04 Å². The number of likely N-dealkylation sites (tertiary alicyclic amines) is 1. The van der Waals surface area contributed by atoms with Gasteiger partial charge in [-0.25, -0.2) is 4.79 Å². The fraction of sp³-hybridized carbons (Fsp3) is 0.467. The number of β-amino-alcohol motifs (C(OH)–C–C–N with tert-alkyl or cyclic N) is 1. The zero-order valence-corrected chi connectivity index (χ0v) is 11.6. The normalized spacial score (nSPS) is 24.7. The fourth-order valence-corrected chi connectivity index (χ4v) is 3.05. The van der Waals surface area contributed by atoms with E-state index in [1.807, 2.05) is 12.1 Å². The van der Waals surface area contributed by atoms with Gasteiger partial charge in [0.2, 0.25) is 0 Å². The number of hydrogen-bond donors (Lipinski definition) is 3. The molecular weight excluding hydrogens is 272 g/mol. The van der Waals surface area contributed by atoms with Gasteiger partial charge < -0.3 is 20.4 Å². The number of fused-ring (bicyclic) bond motifs is 1. The van der Waals surface area contributed by atoms with E-state index in [2.05, 4.69) is 5.32 Å². The van der Waals surface area contributed by atoms with Crippen molar-refractivity contribution in [3.8, 4) is 0 Å². The van der Waals surface area contributed by atoms with Crippen molar-refractivity contribution in [2.24, 2.45) is 0 Å². The van der Waals surface area contributed by atoms with Gasteiger partial charge in [0.05, 0.1) is 6.10 Å². The Morgan fingerprint density at radius 3 is 2.86 bits per heavy atom. The van der Waals surface area contributed by atoms with E-state index in [1.165, 1.54) is 10.5 Å². The van der Waals surface area contributed by atoms with Gasteiger partial charge in [-0.1, -0.05) is 6.07 Å². The Bertz CT molecular complexity index is 587. The van der Waals surface area contributed by atoms with Crippen molar-refractivity contribution in [2.75, 3.05) is 13.1 Å². The first-order valence-corrected chi connectivity index (χ1v) is 7.10. The van der Waals surface area contributed by atoms with E-state index in [1.54, 1.807) is 6.07 Å². The van der Waals surface area contributed by atoms with Crippen molar-refractivity contribution >= 4 is 11.9 Å². The van der Waals surface area contributed by atoms with Gasteiger partial charge in [-0.15, -0.1) is 0 Å².